The Bertz CT molecular complexity index is 316. The third-order valence-corrected chi connectivity index (χ3v) is 3.25. The minimum absolute atomic E-state index is 0.000139. The van der Waals surface area contributed by atoms with Gasteiger partial charge in [0.1, 0.15) is 6.04 Å². The maximum absolute atomic E-state index is 11.2. The molecule has 1 aromatic carbocycles. The van der Waals surface area contributed by atoms with Crippen LogP contribution in [-0.2, 0) is 9.53 Å². The first-order chi connectivity index (χ1) is 7.15. The zero-order chi connectivity index (χ0) is 11.3. The van der Waals surface area contributed by atoms with E-state index < -0.39 is 6.04 Å². The van der Waals surface area contributed by atoms with Crippen molar-refractivity contribution in [3.05, 3.63) is 30.3 Å². The van der Waals surface area contributed by atoms with Crippen molar-refractivity contribution in [1.29, 1.82) is 0 Å². The van der Waals surface area contributed by atoms with Crippen molar-refractivity contribution in [2.24, 2.45) is 5.73 Å². The Labute approximate surface area is 94.0 Å². The Kier molecular flexibility index (Phi) is 4.65. The van der Waals surface area contributed by atoms with Gasteiger partial charge >= 0.3 is 5.97 Å². The van der Waals surface area contributed by atoms with Crippen molar-refractivity contribution in [1.82, 2.24) is 0 Å². The summed E-state index contributed by atoms with van der Waals surface area (Å²) < 4.78 is 4.59. The molecule has 0 aliphatic rings. The maximum atomic E-state index is 11.2. The summed E-state index contributed by atoms with van der Waals surface area (Å²) in [6.45, 7) is 1.92. The van der Waals surface area contributed by atoms with Gasteiger partial charge in [0.25, 0.3) is 0 Å². The zero-order valence-corrected chi connectivity index (χ0v) is 9.66. The molecule has 2 N–H and O–H groups in total. The van der Waals surface area contributed by atoms with Crippen LogP contribution in [0.15, 0.2) is 35.2 Å². The lowest BCUT2D eigenvalue weighted by Gasteiger charge is -2.16. The number of nitrogens with two attached hydrogens (primary N) is 1. The van der Waals surface area contributed by atoms with Gasteiger partial charge in [-0.15, -0.1) is 11.8 Å². The highest BCUT2D eigenvalue weighted by atomic mass is 32.2. The number of rotatable bonds is 4. The molecule has 0 aliphatic heterocycles. The molecule has 0 saturated carbocycles. The normalized spacial score (nSPS) is 14.3. The third kappa shape index (κ3) is 3.57. The van der Waals surface area contributed by atoms with E-state index in [9.17, 15) is 4.79 Å². The van der Waals surface area contributed by atoms with Crippen LogP contribution in [0.4, 0.5) is 0 Å². The van der Waals surface area contributed by atoms with Gasteiger partial charge in [-0.3, -0.25) is 4.79 Å². The molecule has 2 atom stereocenters. The lowest BCUT2D eigenvalue weighted by Crippen LogP contribution is -2.39. The third-order valence-electron chi connectivity index (χ3n) is 2.04. The summed E-state index contributed by atoms with van der Waals surface area (Å²) in [6.07, 6.45) is 0. The standard InChI is InChI=1S/C11H15NO2S/c1-8(10(12)11(13)14-2)15-9-6-4-3-5-7-9/h3-8,10H,12H2,1-2H3/t8-,10-/m0/s1. The molecule has 3 nitrogen and oxygen atoms in total. The SMILES string of the molecule is COC(=O)[C@@H](N)[C@H](C)Sc1ccccc1. The van der Waals surface area contributed by atoms with Crippen LogP contribution < -0.4 is 5.73 Å². The Morgan fingerprint density at radius 1 is 1.40 bits per heavy atom. The van der Waals surface area contributed by atoms with Gasteiger partial charge < -0.3 is 10.5 Å². The van der Waals surface area contributed by atoms with E-state index >= 15 is 0 Å². The fraction of sp³-hybridized carbons (Fsp3) is 0.364. The quantitative estimate of drug-likeness (QED) is 0.625. The first kappa shape index (κ1) is 12.1. The predicted octanol–water partition coefficient (Wildman–Crippen LogP) is 1.67. The lowest BCUT2D eigenvalue weighted by atomic mass is 10.2. The monoisotopic (exact) mass is 225 g/mol. The minimum Gasteiger partial charge on any atom is -0.468 e. The number of thioether (sulfide) groups is 1. The van der Waals surface area contributed by atoms with Gasteiger partial charge in [0.05, 0.1) is 7.11 Å². The van der Waals surface area contributed by atoms with E-state index in [0.29, 0.717) is 0 Å². The number of ether oxygens (including phenoxy) is 1. The molecule has 1 aromatic rings. The van der Waals surface area contributed by atoms with Crippen LogP contribution in [0.2, 0.25) is 0 Å². The number of esters is 1. The van der Waals surface area contributed by atoms with Crippen molar-refractivity contribution in [3.8, 4) is 0 Å². The van der Waals surface area contributed by atoms with Crippen molar-refractivity contribution >= 4 is 17.7 Å². The molecule has 1 rings (SSSR count). The Balaban J connectivity index is 2.56. The van der Waals surface area contributed by atoms with Gasteiger partial charge in [-0.25, -0.2) is 0 Å². The predicted molar refractivity (Wildman–Crippen MR) is 61.8 cm³/mol. The van der Waals surface area contributed by atoms with E-state index in [1.165, 1.54) is 7.11 Å². The number of hydrogen-bond acceptors (Lipinski definition) is 4. The molecule has 0 saturated heterocycles. The first-order valence-electron chi connectivity index (χ1n) is 4.70. The number of carbonyl (C=O) groups is 1. The Hall–Kier alpha value is -1.00. The number of hydrogen-bond donors (Lipinski definition) is 1. The fourth-order valence-corrected chi connectivity index (χ4v) is 2.12. The van der Waals surface area contributed by atoms with E-state index in [0.717, 1.165) is 4.90 Å². The van der Waals surface area contributed by atoms with Crippen LogP contribution in [0.3, 0.4) is 0 Å². The molecule has 0 aliphatic carbocycles. The number of benzene rings is 1. The molecule has 4 heteroatoms. The van der Waals surface area contributed by atoms with Gasteiger partial charge in [-0.05, 0) is 12.1 Å². The molecular formula is C11H15NO2S. The molecule has 0 spiro atoms. The molecule has 15 heavy (non-hydrogen) atoms. The zero-order valence-electron chi connectivity index (χ0n) is 8.84. The Morgan fingerprint density at radius 3 is 2.53 bits per heavy atom. The second kappa shape index (κ2) is 5.78. The van der Waals surface area contributed by atoms with E-state index in [1.807, 2.05) is 37.3 Å². The van der Waals surface area contributed by atoms with E-state index in [4.69, 9.17) is 5.73 Å². The van der Waals surface area contributed by atoms with Crippen molar-refractivity contribution in [2.75, 3.05) is 7.11 Å². The fourth-order valence-electron chi connectivity index (χ4n) is 1.11. The largest absolute Gasteiger partial charge is 0.468 e. The second-order valence-electron chi connectivity index (χ2n) is 3.18. The average molecular weight is 225 g/mol. The van der Waals surface area contributed by atoms with Crippen LogP contribution >= 0.6 is 11.8 Å². The van der Waals surface area contributed by atoms with Crippen LogP contribution in [0, 0.1) is 0 Å². The van der Waals surface area contributed by atoms with Crippen LogP contribution in [-0.4, -0.2) is 24.4 Å². The van der Waals surface area contributed by atoms with Gasteiger partial charge in [0.2, 0.25) is 0 Å². The molecule has 0 fully saturated rings. The summed E-state index contributed by atoms with van der Waals surface area (Å²) in [4.78, 5) is 12.3. The number of methoxy groups -OCH3 is 1. The summed E-state index contributed by atoms with van der Waals surface area (Å²) in [6, 6.07) is 9.27. The van der Waals surface area contributed by atoms with Gasteiger partial charge in [0, 0.05) is 10.1 Å². The van der Waals surface area contributed by atoms with Gasteiger partial charge in [-0.1, -0.05) is 25.1 Å². The molecule has 82 valence electrons. The van der Waals surface area contributed by atoms with Crippen LogP contribution in [0.1, 0.15) is 6.92 Å². The minimum atomic E-state index is -0.583. The summed E-state index contributed by atoms with van der Waals surface area (Å²) in [5.41, 5.74) is 5.72. The summed E-state index contributed by atoms with van der Waals surface area (Å²) in [7, 11) is 1.35. The summed E-state index contributed by atoms with van der Waals surface area (Å²) >= 11 is 1.57. The van der Waals surface area contributed by atoms with Gasteiger partial charge in [0.15, 0.2) is 0 Å². The molecule has 0 bridgehead atoms. The van der Waals surface area contributed by atoms with E-state index in [1.54, 1.807) is 11.8 Å². The Morgan fingerprint density at radius 2 is 2.00 bits per heavy atom. The second-order valence-corrected chi connectivity index (χ2v) is 4.64. The molecule has 0 radical (unpaired) electrons. The van der Waals surface area contributed by atoms with Gasteiger partial charge in [-0.2, -0.15) is 0 Å². The van der Waals surface area contributed by atoms with E-state index in [2.05, 4.69) is 4.74 Å². The molecule has 0 amide bonds. The van der Waals surface area contributed by atoms with Crippen molar-refractivity contribution in [3.63, 3.8) is 0 Å². The van der Waals surface area contributed by atoms with Crippen molar-refractivity contribution < 1.29 is 9.53 Å². The highest BCUT2D eigenvalue weighted by molar-refractivity contribution is 8.00. The van der Waals surface area contributed by atoms with Crippen LogP contribution in [0.5, 0.6) is 0 Å². The highest BCUT2D eigenvalue weighted by Crippen LogP contribution is 2.24. The first-order valence-corrected chi connectivity index (χ1v) is 5.58. The van der Waals surface area contributed by atoms with Crippen LogP contribution in [0.25, 0.3) is 0 Å². The lowest BCUT2D eigenvalue weighted by molar-refractivity contribution is -0.142. The molecular weight excluding hydrogens is 210 g/mol. The maximum Gasteiger partial charge on any atom is 0.323 e. The summed E-state index contributed by atoms with van der Waals surface area (Å²) in [5.74, 6) is -0.370. The summed E-state index contributed by atoms with van der Waals surface area (Å²) in [5, 5.41) is -0.000139. The van der Waals surface area contributed by atoms with Crippen molar-refractivity contribution in [2.45, 2.75) is 23.1 Å². The topological polar surface area (TPSA) is 52.3 Å². The highest BCUT2D eigenvalue weighted by Gasteiger charge is 2.22. The molecule has 0 aromatic heterocycles. The number of carbonyl (C=O) groups excluding carboxylic acids is 1. The molecule has 0 heterocycles. The molecule has 0 unspecified atom stereocenters. The smallest absolute Gasteiger partial charge is 0.323 e. The van der Waals surface area contributed by atoms with E-state index in [-0.39, 0.29) is 11.2 Å². The average Bonchev–Trinajstić information content (AvgIpc) is 2.28.